The average Bonchev–Trinajstić information content (AvgIpc) is 3.05. The molecule has 2 heterocycles. The number of epoxide rings is 1. The molecule has 1 aliphatic carbocycles. The van der Waals surface area contributed by atoms with Gasteiger partial charge < -0.3 is 9.64 Å². The molecule has 0 unspecified atom stereocenters. The maximum Gasteiger partial charge on any atom is 0.123 e. The summed E-state index contributed by atoms with van der Waals surface area (Å²) in [6, 6.07) is 9.10. The van der Waals surface area contributed by atoms with Gasteiger partial charge in [0.05, 0.1) is 17.8 Å². The zero-order valence-corrected chi connectivity index (χ0v) is 13.0. The standard InChI is InChI=1S/C18H22N2O/c1-18(2)17(21-18)12-7-4-8-13-15(10-19)20(3)14-9-5-6-11(12)16(13)14/h5-6,9,12-13,15,17H,4,7-8H2,1-3H3/t12-,13-,15+,17+/m0/s1. The Morgan fingerprint density at radius 1 is 1.29 bits per heavy atom. The van der Waals surface area contributed by atoms with Gasteiger partial charge in [-0.1, -0.05) is 18.6 Å². The summed E-state index contributed by atoms with van der Waals surface area (Å²) in [5.41, 5.74) is 4.15. The lowest BCUT2D eigenvalue weighted by Crippen LogP contribution is -2.28. The van der Waals surface area contributed by atoms with Crippen LogP contribution in [0, 0.1) is 11.3 Å². The van der Waals surface area contributed by atoms with Crippen LogP contribution in [0.4, 0.5) is 5.69 Å². The van der Waals surface area contributed by atoms with Gasteiger partial charge in [0.2, 0.25) is 0 Å². The largest absolute Gasteiger partial charge is 0.366 e. The number of anilines is 1. The number of rotatable bonds is 1. The third-order valence-corrected chi connectivity index (χ3v) is 5.65. The van der Waals surface area contributed by atoms with Gasteiger partial charge >= 0.3 is 0 Å². The third-order valence-electron chi connectivity index (χ3n) is 5.65. The van der Waals surface area contributed by atoms with E-state index < -0.39 is 0 Å². The van der Waals surface area contributed by atoms with E-state index >= 15 is 0 Å². The molecule has 21 heavy (non-hydrogen) atoms. The van der Waals surface area contributed by atoms with Crippen molar-refractivity contribution in [3.05, 3.63) is 29.3 Å². The fourth-order valence-electron chi connectivity index (χ4n) is 4.55. The van der Waals surface area contributed by atoms with Gasteiger partial charge in [0.25, 0.3) is 0 Å². The summed E-state index contributed by atoms with van der Waals surface area (Å²) in [5.74, 6) is 0.865. The maximum atomic E-state index is 9.57. The smallest absolute Gasteiger partial charge is 0.123 e. The number of nitriles is 1. The van der Waals surface area contributed by atoms with Gasteiger partial charge in [-0.25, -0.2) is 0 Å². The Balaban J connectivity index is 1.83. The molecule has 0 aromatic heterocycles. The third kappa shape index (κ3) is 1.75. The first-order valence-corrected chi connectivity index (χ1v) is 7.97. The number of ether oxygens (including phenoxy) is 1. The summed E-state index contributed by atoms with van der Waals surface area (Å²) in [7, 11) is 2.06. The Hall–Kier alpha value is -1.53. The molecule has 1 aromatic carbocycles. The molecule has 0 bridgehead atoms. The van der Waals surface area contributed by atoms with Crippen LogP contribution in [0.25, 0.3) is 0 Å². The molecule has 110 valence electrons. The number of hydrogen-bond donors (Lipinski definition) is 0. The molecule has 0 N–H and O–H groups in total. The molecule has 0 spiro atoms. The highest BCUT2D eigenvalue weighted by Gasteiger charge is 2.54. The normalized spacial score (nSPS) is 35.8. The molecule has 0 radical (unpaired) electrons. The lowest BCUT2D eigenvalue weighted by Gasteiger charge is -2.20. The van der Waals surface area contributed by atoms with Gasteiger partial charge in [-0.05, 0) is 43.9 Å². The lowest BCUT2D eigenvalue weighted by atomic mass is 9.84. The highest BCUT2D eigenvalue weighted by Crippen LogP contribution is 2.54. The molecule has 3 aliphatic rings. The first-order chi connectivity index (χ1) is 10.0. The molecular formula is C18H22N2O. The summed E-state index contributed by atoms with van der Waals surface area (Å²) in [6.45, 7) is 4.38. The summed E-state index contributed by atoms with van der Waals surface area (Å²) in [5, 5.41) is 9.57. The second-order valence-electron chi connectivity index (χ2n) is 7.25. The van der Waals surface area contributed by atoms with Gasteiger partial charge in [0, 0.05) is 24.6 Å². The van der Waals surface area contributed by atoms with E-state index in [1.807, 2.05) is 0 Å². The van der Waals surface area contributed by atoms with Crippen molar-refractivity contribution in [2.75, 3.05) is 11.9 Å². The van der Waals surface area contributed by atoms with Crippen molar-refractivity contribution >= 4 is 5.69 Å². The molecule has 3 nitrogen and oxygen atoms in total. The number of hydrogen-bond acceptors (Lipinski definition) is 3. The van der Waals surface area contributed by atoms with Crippen molar-refractivity contribution in [1.29, 1.82) is 5.26 Å². The molecule has 2 aliphatic heterocycles. The quantitative estimate of drug-likeness (QED) is 0.739. The Morgan fingerprint density at radius 2 is 2.00 bits per heavy atom. The Kier molecular flexibility index (Phi) is 2.65. The molecular weight excluding hydrogens is 260 g/mol. The zero-order chi connectivity index (χ0) is 14.8. The summed E-state index contributed by atoms with van der Waals surface area (Å²) >= 11 is 0. The van der Waals surface area contributed by atoms with Crippen LogP contribution in [0.5, 0.6) is 0 Å². The van der Waals surface area contributed by atoms with E-state index in [4.69, 9.17) is 4.74 Å². The number of benzene rings is 1. The molecule has 1 saturated heterocycles. The summed E-state index contributed by atoms with van der Waals surface area (Å²) in [6.07, 6.45) is 3.83. The van der Waals surface area contributed by atoms with E-state index in [9.17, 15) is 5.26 Å². The minimum Gasteiger partial charge on any atom is -0.366 e. The highest BCUT2D eigenvalue weighted by atomic mass is 16.6. The molecule has 1 aromatic rings. The average molecular weight is 282 g/mol. The Labute approximate surface area is 126 Å². The monoisotopic (exact) mass is 282 g/mol. The van der Waals surface area contributed by atoms with Crippen molar-refractivity contribution in [3.63, 3.8) is 0 Å². The van der Waals surface area contributed by atoms with Crippen LogP contribution in [0.1, 0.15) is 56.1 Å². The van der Waals surface area contributed by atoms with Crippen molar-refractivity contribution < 1.29 is 4.74 Å². The van der Waals surface area contributed by atoms with Crippen LogP contribution in [0.3, 0.4) is 0 Å². The molecule has 0 amide bonds. The number of likely N-dealkylation sites (N-methyl/N-ethyl adjacent to an activating group) is 1. The molecule has 4 atom stereocenters. The van der Waals surface area contributed by atoms with Crippen molar-refractivity contribution in [2.24, 2.45) is 0 Å². The van der Waals surface area contributed by atoms with Gasteiger partial charge in [-0.15, -0.1) is 0 Å². The van der Waals surface area contributed by atoms with Crippen molar-refractivity contribution in [2.45, 2.75) is 62.7 Å². The first kappa shape index (κ1) is 13.2. The summed E-state index contributed by atoms with van der Waals surface area (Å²) in [4.78, 5) is 2.17. The van der Waals surface area contributed by atoms with Gasteiger partial charge in [-0.2, -0.15) is 5.26 Å². The van der Waals surface area contributed by atoms with E-state index in [1.165, 1.54) is 29.7 Å². The van der Waals surface area contributed by atoms with E-state index in [0.29, 0.717) is 17.9 Å². The van der Waals surface area contributed by atoms with E-state index in [2.05, 4.69) is 50.1 Å². The van der Waals surface area contributed by atoms with E-state index in [1.54, 1.807) is 0 Å². The van der Waals surface area contributed by atoms with Gasteiger partial charge in [0.1, 0.15) is 6.04 Å². The number of nitrogens with zero attached hydrogens (tertiary/aromatic N) is 2. The SMILES string of the molecule is CN1c2cccc3c2[C@@H](CCC[C@@H]3[C@H]2OC2(C)C)[C@H]1C#N. The van der Waals surface area contributed by atoms with Crippen LogP contribution in [0.15, 0.2) is 18.2 Å². The zero-order valence-electron chi connectivity index (χ0n) is 13.0. The minimum atomic E-state index is -0.00645. The fourth-order valence-corrected chi connectivity index (χ4v) is 4.55. The van der Waals surface area contributed by atoms with E-state index in [-0.39, 0.29) is 11.6 Å². The Morgan fingerprint density at radius 3 is 2.67 bits per heavy atom. The molecule has 0 saturated carbocycles. The topological polar surface area (TPSA) is 39.6 Å². The van der Waals surface area contributed by atoms with Crippen molar-refractivity contribution in [1.82, 2.24) is 0 Å². The van der Waals surface area contributed by atoms with Crippen molar-refractivity contribution in [3.8, 4) is 6.07 Å². The van der Waals surface area contributed by atoms with Crippen LogP contribution in [-0.4, -0.2) is 24.8 Å². The van der Waals surface area contributed by atoms with Gasteiger partial charge in [0.15, 0.2) is 0 Å². The van der Waals surface area contributed by atoms with Crippen LogP contribution in [0.2, 0.25) is 0 Å². The second-order valence-corrected chi connectivity index (χ2v) is 7.25. The van der Waals surface area contributed by atoms with E-state index in [0.717, 1.165) is 6.42 Å². The predicted octanol–water partition coefficient (Wildman–Crippen LogP) is 3.56. The lowest BCUT2D eigenvalue weighted by molar-refractivity contribution is 0.308. The van der Waals surface area contributed by atoms with Crippen LogP contribution < -0.4 is 4.90 Å². The fraction of sp³-hybridized carbons (Fsp3) is 0.611. The maximum absolute atomic E-state index is 9.57. The van der Waals surface area contributed by atoms with Gasteiger partial charge in [-0.3, -0.25) is 0 Å². The summed E-state index contributed by atoms with van der Waals surface area (Å²) < 4.78 is 5.95. The van der Waals surface area contributed by atoms with Crippen LogP contribution >= 0.6 is 0 Å². The second kappa shape index (κ2) is 4.24. The van der Waals surface area contributed by atoms with Crippen LogP contribution in [-0.2, 0) is 4.74 Å². The minimum absolute atomic E-state index is 0.00645. The first-order valence-electron chi connectivity index (χ1n) is 7.97. The molecule has 1 fully saturated rings. The Bertz CT molecular complexity index is 631. The molecule has 4 rings (SSSR count). The molecule has 3 heteroatoms. The highest BCUT2D eigenvalue weighted by molar-refractivity contribution is 5.66. The predicted molar refractivity (Wildman–Crippen MR) is 82.5 cm³/mol.